The lowest BCUT2D eigenvalue weighted by Crippen LogP contribution is -2.26. The van der Waals surface area contributed by atoms with Crippen LogP contribution >= 0.6 is 0 Å². The van der Waals surface area contributed by atoms with Crippen molar-refractivity contribution in [2.75, 3.05) is 23.4 Å². The molecule has 1 aliphatic rings. The Morgan fingerprint density at radius 2 is 1.38 bits per heavy atom. The Balaban J connectivity index is 1.46. The highest BCUT2D eigenvalue weighted by Gasteiger charge is 2.19. The van der Waals surface area contributed by atoms with Gasteiger partial charge in [0, 0.05) is 42.3 Å². The molecule has 0 aromatic heterocycles. The number of rotatable bonds is 9. The minimum atomic E-state index is 0.414. The van der Waals surface area contributed by atoms with Crippen molar-refractivity contribution in [2.45, 2.75) is 13.3 Å². The lowest BCUT2D eigenvalue weighted by Gasteiger charge is -2.31. The van der Waals surface area contributed by atoms with Gasteiger partial charge < -0.3 is 9.80 Å². The molecule has 2 nitrogen and oxygen atoms in total. The molecule has 4 aromatic carbocycles. The van der Waals surface area contributed by atoms with Gasteiger partial charge in [-0.15, -0.1) is 0 Å². The van der Waals surface area contributed by atoms with E-state index in [-0.39, 0.29) is 0 Å². The normalized spacial score (nSPS) is 14.7. The third-order valence-electron chi connectivity index (χ3n) is 7.18. The van der Waals surface area contributed by atoms with Gasteiger partial charge in [-0.25, -0.2) is 0 Å². The molecule has 0 N–H and O–H groups in total. The first-order chi connectivity index (χ1) is 19.1. The smallest absolute Gasteiger partial charge is 0.0461 e. The summed E-state index contributed by atoms with van der Waals surface area (Å²) >= 11 is 0. The predicted octanol–water partition coefficient (Wildman–Crippen LogP) is 9.60. The molecule has 0 fully saturated rings. The Kier molecular flexibility index (Phi) is 8.23. The summed E-state index contributed by atoms with van der Waals surface area (Å²) in [7, 11) is 2.19. The van der Waals surface area contributed by atoms with E-state index in [0.717, 1.165) is 29.9 Å². The Labute approximate surface area is 233 Å². The van der Waals surface area contributed by atoms with Crippen LogP contribution in [0, 0.1) is 12.8 Å². The molecule has 0 saturated carbocycles. The predicted molar refractivity (Wildman–Crippen MR) is 169 cm³/mol. The topological polar surface area (TPSA) is 6.48 Å². The summed E-state index contributed by atoms with van der Waals surface area (Å²) in [6, 6.07) is 36.9. The van der Waals surface area contributed by atoms with Crippen LogP contribution in [-0.4, -0.2) is 13.6 Å². The molecular weight excluding hydrogens is 472 g/mol. The maximum Gasteiger partial charge on any atom is 0.0461 e. The van der Waals surface area contributed by atoms with Gasteiger partial charge in [0.15, 0.2) is 0 Å². The lowest BCUT2D eigenvalue weighted by molar-refractivity contribution is 0.638. The van der Waals surface area contributed by atoms with E-state index >= 15 is 0 Å². The number of hydrogen-bond donors (Lipinski definition) is 0. The van der Waals surface area contributed by atoms with E-state index in [9.17, 15) is 0 Å². The van der Waals surface area contributed by atoms with Gasteiger partial charge in [-0.05, 0) is 72.5 Å². The summed E-state index contributed by atoms with van der Waals surface area (Å²) in [6.45, 7) is 6.88. The number of hydrogen-bond acceptors (Lipinski definition) is 2. The van der Waals surface area contributed by atoms with E-state index in [0.29, 0.717) is 5.92 Å². The number of aryl methyl sites for hydroxylation is 1. The molecule has 194 valence electrons. The van der Waals surface area contributed by atoms with Crippen LogP contribution in [0.5, 0.6) is 0 Å². The SMILES string of the molecule is C=C/C=C/c1ccc(N(C2=CC(CN(C)c3ccc(C)cc3)CC=C2)c2ccc(-c3ccccc3)cc2)cc1. The average Bonchev–Trinajstić information content (AvgIpc) is 2.98. The van der Waals surface area contributed by atoms with Gasteiger partial charge in [-0.1, -0.05) is 109 Å². The molecule has 1 atom stereocenters. The fraction of sp³-hybridized carbons (Fsp3) is 0.135. The molecule has 4 aromatic rings. The molecule has 0 radical (unpaired) electrons. The first-order valence-corrected chi connectivity index (χ1v) is 13.6. The molecule has 2 heteroatoms. The standard InChI is InChI=1S/C37H36N2/c1-4-5-10-30-17-23-35(24-18-30)39(36-25-19-33(20-26-36)32-12-7-6-8-13-32)37-14-9-11-31(27-37)28-38(3)34-21-15-29(2)16-22-34/h4-10,12-27,31H,1,11,28H2,2-3H3/b10-5+. The highest BCUT2D eigenvalue weighted by molar-refractivity contribution is 5.74. The second-order valence-corrected chi connectivity index (χ2v) is 10.1. The first-order valence-electron chi connectivity index (χ1n) is 13.6. The minimum Gasteiger partial charge on any atom is -0.374 e. The Morgan fingerprint density at radius 1 is 0.769 bits per heavy atom. The zero-order valence-electron chi connectivity index (χ0n) is 22.9. The van der Waals surface area contributed by atoms with Crippen molar-refractivity contribution in [3.8, 4) is 11.1 Å². The second kappa shape index (κ2) is 12.3. The van der Waals surface area contributed by atoms with Gasteiger partial charge in [-0.3, -0.25) is 0 Å². The third kappa shape index (κ3) is 6.48. The summed E-state index contributed by atoms with van der Waals surface area (Å²) in [4.78, 5) is 4.72. The van der Waals surface area contributed by atoms with Crippen LogP contribution in [0.2, 0.25) is 0 Å². The fourth-order valence-corrected chi connectivity index (χ4v) is 5.06. The van der Waals surface area contributed by atoms with Gasteiger partial charge in [0.05, 0.1) is 0 Å². The zero-order chi connectivity index (χ0) is 27.0. The van der Waals surface area contributed by atoms with Gasteiger partial charge in [-0.2, -0.15) is 0 Å². The maximum absolute atomic E-state index is 3.79. The second-order valence-electron chi connectivity index (χ2n) is 10.1. The van der Waals surface area contributed by atoms with Crippen molar-refractivity contribution in [1.29, 1.82) is 0 Å². The van der Waals surface area contributed by atoms with Crippen LogP contribution in [0.15, 0.2) is 146 Å². The summed E-state index contributed by atoms with van der Waals surface area (Å²) in [5.74, 6) is 0.414. The van der Waals surface area contributed by atoms with Crippen LogP contribution in [0.3, 0.4) is 0 Å². The van der Waals surface area contributed by atoms with Crippen molar-refractivity contribution < 1.29 is 0 Å². The summed E-state index contributed by atoms with van der Waals surface area (Å²) in [5, 5.41) is 0. The minimum absolute atomic E-state index is 0.414. The molecule has 0 bridgehead atoms. The van der Waals surface area contributed by atoms with Crippen LogP contribution in [0.25, 0.3) is 17.2 Å². The molecule has 0 saturated heterocycles. The summed E-state index contributed by atoms with van der Waals surface area (Å²) in [5.41, 5.74) is 9.62. The largest absolute Gasteiger partial charge is 0.374 e. The van der Waals surface area contributed by atoms with E-state index in [2.05, 4.69) is 158 Å². The highest BCUT2D eigenvalue weighted by Crippen LogP contribution is 2.35. The molecule has 0 heterocycles. The number of benzene rings is 4. The van der Waals surface area contributed by atoms with Gasteiger partial charge >= 0.3 is 0 Å². The molecule has 5 rings (SSSR count). The van der Waals surface area contributed by atoms with E-state index in [1.165, 1.54) is 28.1 Å². The van der Waals surface area contributed by atoms with Crippen LogP contribution in [0.1, 0.15) is 17.5 Å². The zero-order valence-corrected chi connectivity index (χ0v) is 22.9. The molecule has 0 spiro atoms. The van der Waals surface area contributed by atoms with E-state index in [1.54, 1.807) is 6.08 Å². The molecular formula is C37H36N2. The monoisotopic (exact) mass is 508 g/mol. The molecule has 1 unspecified atom stereocenters. The van der Waals surface area contributed by atoms with Crippen molar-refractivity contribution in [3.05, 3.63) is 157 Å². The third-order valence-corrected chi connectivity index (χ3v) is 7.18. The number of anilines is 3. The van der Waals surface area contributed by atoms with Crippen molar-refractivity contribution in [1.82, 2.24) is 0 Å². The van der Waals surface area contributed by atoms with Gasteiger partial charge in [0.1, 0.15) is 0 Å². The maximum atomic E-state index is 3.79. The van der Waals surface area contributed by atoms with E-state index in [4.69, 9.17) is 0 Å². The van der Waals surface area contributed by atoms with E-state index in [1.807, 2.05) is 6.08 Å². The average molecular weight is 509 g/mol. The van der Waals surface area contributed by atoms with Crippen molar-refractivity contribution >= 4 is 23.1 Å². The Morgan fingerprint density at radius 3 is 2.05 bits per heavy atom. The van der Waals surface area contributed by atoms with Crippen LogP contribution < -0.4 is 9.80 Å². The quantitative estimate of drug-likeness (QED) is 0.208. The fourth-order valence-electron chi connectivity index (χ4n) is 5.06. The Bertz CT molecular complexity index is 1460. The van der Waals surface area contributed by atoms with Gasteiger partial charge in [0.25, 0.3) is 0 Å². The number of nitrogens with zero attached hydrogens (tertiary/aromatic N) is 2. The van der Waals surface area contributed by atoms with Crippen LogP contribution in [-0.2, 0) is 0 Å². The molecule has 1 aliphatic carbocycles. The van der Waals surface area contributed by atoms with E-state index < -0.39 is 0 Å². The van der Waals surface area contributed by atoms with Crippen LogP contribution in [0.4, 0.5) is 17.1 Å². The molecule has 39 heavy (non-hydrogen) atoms. The highest BCUT2D eigenvalue weighted by atomic mass is 15.1. The lowest BCUT2D eigenvalue weighted by atomic mass is 9.97. The molecule has 0 aliphatic heterocycles. The first kappa shape index (κ1) is 26.1. The molecule has 0 amide bonds. The summed E-state index contributed by atoms with van der Waals surface area (Å²) < 4.78 is 0. The van der Waals surface area contributed by atoms with Crippen molar-refractivity contribution in [3.63, 3.8) is 0 Å². The van der Waals surface area contributed by atoms with Crippen molar-refractivity contribution in [2.24, 2.45) is 5.92 Å². The van der Waals surface area contributed by atoms with Gasteiger partial charge in [0.2, 0.25) is 0 Å². The Hall–Kier alpha value is -4.56. The number of allylic oxidation sites excluding steroid dienone is 4. The summed E-state index contributed by atoms with van der Waals surface area (Å²) in [6.07, 6.45) is 13.9.